The molecule has 3 aromatic rings. The fourth-order valence-electron chi connectivity index (χ4n) is 4.27. The van der Waals surface area contributed by atoms with Crippen LogP contribution in [0.1, 0.15) is 33.5 Å². The first-order valence-corrected chi connectivity index (χ1v) is 11.7. The van der Waals surface area contributed by atoms with Crippen LogP contribution in [0.3, 0.4) is 0 Å². The molecule has 0 spiro atoms. The number of nitrogens with one attached hydrogen (secondary N) is 1. The third kappa shape index (κ3) is 5.23. The largest absolute Gasteiger partial charge is 0.330 e. The molecule has 0 unspecified atom stereocenters. The van der Waals surface area contributed by atoms with Gasteiger partial charge in [-0.1, -0.05) is 29.8 Å². The lowest BCUT2D eigenvalue weighted by molar-refractivity contribution is -0.143. The number of rotatable bonds is 5. The number of nitrogens with zero attached hydrogens (tertiary/aromatic N) is 3. The van der Waals surface area contributed by atoms with Gasteiger partial charge in [0.05, 0.1) is 11.2 Å². The van der Waals surface area contributed by atoms with Gasteiger partial charge in [0.2, 0.25) is 0 Å². The Hall–Kier alpha value is -3.03. The molecule has 1 aliphatic heterocycles. The zero-order chi connectivity index (χ0) is 22.7. The zero-order valence-electron chi connectivity index (χ0n) is 18.7. The average molecular weight is 449 g/mol. The molecule has 2 aromatic carbocycles. The number of amides is 2. The number of carbonyl (C=O) groups excluding carboxylic acids is 2. The zero-order valence-corrected chi connectivity index (χ0v) is 19.5. The van der Waals surface area contributed by atoms with Crippen LogP contribution in [0.25, 0.3) is 0 Å². The molecule has 0 saturated heterocycles. The van der Waals surface area contributed by atoms with Crippen molar-refractivity contribution in [1.29, 1.82) is 0 Å². The minimum atomic E-state index is -0.591. The number of aryl methyl sites for hydroxylation is 2. The summed E-state index contributed by atoms with van der Waals surface area (Å²) < 4.78 is 0. The van der Waals surface area contributed by atoms with Crippen LogP contribution in [0.5, 0.6) is 0 Å². The fraction of sp³-hybridized carbons (Fsp3) is 0.320. The molecule has 2 amide bonds. The Morgan fingerprint density at radius 1 is 1.19 bits per heavy atom. The first kappa shape index (κ1) is 22.2. The van der Waals surface area contributed by atoms with Crippen molar-refractivity contribution in [3.63, 3.8) is 0 Å². The average Bonchev–Trinajstić information content (AvgIpc) is 3.26. The van der Waals surface area contributed by atoms with Gasteiger partial charge in [0.1, 0.15) is 0 Å². The number of thiazole rings is 1. The number of anilines is 1. The summed E-state index contributed by atoms with van der Waals surface area (Å²) in [5.74, 6) is -1.08. The normalized spacial score (nSPS) is 13.2. The van der Waals surface area contributed by atoms with Gasteiger partial charge >= 0.3 is 11.8 Å². The molecule has 1 aromatic heterocycles. The third-order valence-corrected chi connectivity index (χ3v) is 6.38. The summed E-state index contributed by atoms with van der Waals surface area (Å²) in [5, 5.41) is 4.83. The second kappa shape index (κ2) is 9.63. The van der Waals surface area contributed by atoms with E-state index in [-0.39, 0.29) is 0 Å². The van der Waals surface area contributed by atoms with Crippen molar-refractivity contribution in [1.82, 2.24) is 14.8 Å². The maximum Gasteiger partial charge on any atom is 0.313 e. The number of hydrogen-bond acceptors (Lipinski definition) is 5. The Labute approximate surface area is 192 Å². The van der Waals surface area contributed by atoms with E-state index in [1.807, 2.05) is 42.2 Å². The quantitative estimate of drug-likeness (QED) is 0.601. The van der Waals surface area contributed by atoms with Crippen molar-refractivity contribution in [2.75, 3.05) is 18.9 Å². The van der Waals surface area contributed by atoms with E-state index >= 15 is 0 Å². The van der Waals surface area contributed by atoms with Crippen LogP contribution >= 0.6 is 11.3 Å². The highest BCUT2D eigenvalue weighted by molar-refractivity contribution is 7.07. The van der Waals surface area contributed by atoms with Crippen LogP contribution in [-0.2, 0) is 35.6 Å². The molecular weight excluding hydrogens is 420 g/mol. The van der Waals surface area contributed by atoms with Gasteiger partial charge in [-0.15, -0.1) is 11.3 Å². The Morgan fingerprint density at radius 3 is 2.81 bits per heavy atom. The summed E-state index contributed by atoms with van der Waals surface area (Å²) in [6.45, 7) is 6.67. The molecule has 0 radical (unpaired) electrons. The molecule has 6 nitrogen and oxygen atoms in total. The maximum atomic E-state index is 12.8. The van der Waals surface area contributed by atoms with Crippen LogP contribution in [0.4, 0.5) is 5.69 Å². The van der Waals surface area contributed by atoms with Gasteiger partial charge in [0, 0.05) is 37.2 Å². The van der Waals surface area contributed by atoms with E-state index in [0.717, 1.165) is 36.3 Å². The third-order valence-electron chi connectivity index (χ3n) is 5.74. The second-order valence-electron chi connectivity index (χ2n) is 8.50. The molecule has 0 atom stereocenters. The topological polar surface area (TPSA) is 65.5 Å². The minimum Gasteiger partial charge on any atom is -0.330 e. The molecule has 32 heavy (non-hydrogen) atoms. The molecule has 166 valence electrons. The van der Waals surface area contributed by atoms with E-state index in [0.29, 0.717) is 18.8 Å². The smallest absolute Gasteiger partial charge is 0.313 e. The monoisotopic (exact) mass is 448 g/mol. The molecule has 0 bridgehead atoms. The number of hydrogen-bond donors (Lipinski definition) is 1. The van der Waals surface area contributed by atoms with E-state index in [1.54, 1.807) is 16.2 Å². The summed E-state index contributed by atoms with van der Waals surface area (Å²) in [6.07, 6.45) is 0.775. The van der Waals surface area contributed by atoms with Crippen LogP contribution in [0.15, 0.2) is 47.3 Å². The lowest BCUT2D eigenvalue weighted by atomic mass is 9.93. The Balaban J connectivity index is 1.37. The van der Waals surface area contributed by atoms with Crippen molar-refractivity contribution >= 4 is 28.8 Å². The standard InChI is InChI=1S/C25H28N4O2S/c1-17-9-18(2)23-14-29(8-7-20(23)10-17)25(31)24(30)27-21-6-4-5-19(11-21)12-28(3)13-22-15-32-16-26-22/h4-6,9-11,15-16H,7-8,12-14H2,1-3H3,(H,27,30). The molecule has 4 rings (SSSR count). The van der Waals surface area contributed by atoms with E-state index in [1.165, 1.54) is 16.7 Å². The van der Waals surface area contributed by atoms with Crippen LogP contribution in [-0.4, -0.2) is 40.2 Å². The van der Waals surface area contributed by atoms with Crippen LogP contribution < -0.4 is 5.32 Å². The summed E-state index contributed by atoms with van der Waals surface area (Å²) in [7, 11) is 2.03. The van der Waals surface area contributed by atoms with E-state index < -0.39 is 11.8 Å². The van der Waals surface area contributed by atoms with Crippen LogP contribution in [0.2, 0.25) is 0 Å². The molecule has 0 fully saturated rings. The lowest BCUT2D eigenvalue weighted by Crippen LogP contribution is -2.42. The van der Waals surface area contributed by atoms with Crippen molar-refractivity contribution < 1.29 is 9.59 Å². The van der Waals surface area contributed by atoms with Gasteiger partial charge < -0.3 is 10.2 Å². The fourth-order valence-corrected chi connectivity index (χ4v) is 4.82. The van der Waals surface area contributed by atoms with Gasteiger partial charge in [-0.2, -0.15) is 0 Å². The highest BCUT2D eigenvalue weighted by Gasteiger charge is 2.27. The number of fused-ring (bicyclic) bond motifs is 1. The maximum absolute atomic E-state index is 12.8. The number of aromatic nitrogens is 1. The molecule has 0 saturated carbocycles. The Morgan fingerprint density at radius 2 is 2.03 bits per heavy atom. The van der Waals surface area contributed by atoms with Gasteiger partial charge in [0.25, 0.3) is 0 Å². The van der Waals surface area contributed by atoms with Crippen LogP contribution in [0, 0.1) is 13.8 Å². The molecule has 7 heteroatoms. The van der Waals surface area contributed by atoms with E-state index in [2.05, 4.69) is 41.2 Å². The van der Waals surface area contributed by atoms with Crippen molar-refractivity contribution in [3.05, 3.63) is 80.8 Å². The van der Waals surface area contributed by atoms with Gasteiger partial charge in [-0.05, 0) is 61.7 Å². The first-order chi connectivity index (χ1) is 15.4. The highest BCUT2D eigenvalue weighted by Crippen LogP contribution is 2.24. The van der Waals surface area contributed by atoms with Gasteiger partial charge in [-0.25, -0.2) is 4.98 Å². The minimum absolute atomic E-state index is 0.481. The summed E-state index contributed by atoms with van der Waals surface area (Å²) in [5.41, 5.74) is 9.41. The van der Waals surface area contributed by atoms with E-state index in [9.17, 15) is 9.59 Å². The first-order valence-electron chi connectivity index (χ1n) is 10.7. The summed E-state index contributed by atoms with van der Waals surface area (Å²) >= 11 is 1.59. The van der Waals surface area contributed by atoms with E-state index in [4.69, 9.17) is 0 Å². The van der Waals surface area contributed by atoms with Gasteiger partial charge in [0.15, 0.2) is 0 Å². The SMILES string of the molecule is Cc1cc(C)c2c(c1)CCN(C(=O)C(=O)Nc1cccc(CN(C)Cc3cscn3)c1)C2. The summed E-state index contributed by atoms with van der Waals surface area (Å²) in [4.78, 5) is 33.6. The predicted molar refractivity (Wildman–Crippen MR) is 127 cm³/mol. The highest BCUT2D eigenvalue weighted by atomic mass is 32.1. The second-order valence-corrected chi connectivity index (χ2v) is 9.22. The molecule has 2 heterocycles. The van der Waals surface area contributed by atoms with Crippen molar-refractivity contribution in [2.24, 2.45) is 0 Å². The Bertz CT molecular complexity index is 1130. The number of benzene rings is 2. The Kier molecular flexibility index (Phi) is 6.67. The van der Waals surface area contributed by atoms with Crippen molar-refractivity contribution in [3.8, 4) is 0 Å². The van der Waals surface area contributed by atoms with Gasteiger partial charge in [-0.3, -0.25) is 14.5 Å². The molecule has 1 N–H and O–H groups in total. The molecule has 0 aliphatic carbocycles. The predicted octanol–water partition coefficient (Wildman–Crippen LogP) is 3.92. The lowest BCUT2D eigenvalue weighted by Gasteiger charge is -2.30. The molecular formula is C25H28N4O2S. The molecule has 1 aliphatic rings. The number of carbonyl (C=O) groups is 2. The summed E-state index contributed by atoms with van der Waals surface area (Å²) in [6, 6.07) is 12.0. The van der Waals surface area contributed by atoms with Crippen molar-refractivity contribution in [2.45, 2.75) is 39.9 Å².